The number of halogens is 2. The van der Waals surface area contributed by atoms with Gasteiger partial charge >= 0.3 is 0 Å². The summed E-state index contributed by atoms with van der Waals surface area (Å²) >= 11 is 6.42. The fraction of sp³-hybridized carbons (Fsp3) is 0.300. The third kappa shape index (κ3) is 5.51. The quantitative estimate of drug-likeness (QED) is 0.214. The zero-order chi connectivity index (χ0) is 27.2. The Morgan fingerprint density at radius 3 is 2.63 bits per heavy atom. The van der Waals surface area contributed by atoms with Crippen LogP contribution in [0.4, 0.5) is 15.9 Å². The Morgan fingerprint density at radius 2 is 1.95 bits per heavy atom. The molecule has 0 spiro atoms. The highest BCUT2D eigenvalue weighted by Crippen LogP contribution is 2.34. The first kappa shape index (κ1) is 27.2. The molecule has 0 radical (unpaired) electrons. The maximum absolute atomic E-state index is 14.9. The molecule has 196 valence electrons. The highest BCUT2D eigenvalue weighted by molar-refractivity contribution is 6.33. The van der Waals surface area contributed by atoms with E-state index in [1.54, 1.807) is 30.7 Å². The molecule has 0 aliphatic rings. The molecular formula is C30H32ClFN6. The molecule has 0 amide bonds. The molecule has 1 N–H and O–H groups in total. The maximum Gasteiger partial charge on any atom is 0.180 e. The van der Waals surface area contributed by atoms with Gasteiger partial charge in [0.15, 0.2) is 11.5 Å². The van der Waals surface area contributed by atoms with Crippen LogP contribution in [-0.4, -0.2) is 32.4 Å². The van der Waals surface area contributed by atoms with Crippen LogP contribution in [0.3, 0.4) is 0 Å². The summed E-state index contributed by atoms with van der Waals surface area (Å²) in [6, 6.07) is 11.7. The number of hydrogen-bond donors (Lipinski definition) is 1. The van der Waals surface area contributed by atoms with Crippen LogP contribution >= 0.6 is 11.6 Å². The molecule has 0 fully saturated rings. The van der Waals surface area contributed by atoms with Crippen LogP contribution < -0.4 is 5.32 Å². The number of nitrogens with one attached hydrogen (secondary N) is 1. The molecule has 0 bridgehead atoms. The lowest BCUT2D eigenvalue weighted by molar-refractivity contribution is 0.396. The number of anilines is 2. The van der Waals surface area contributed by atoms with E-state index in [0.29, 0.717) is 34.7 Å². The topological polar surface area (TPSA) is 69.2 Å². The van der Waals surface area contributed by atoms with Crippen LogP contribution in [0.5, 0.6) is 0 Å². The first-order chi connectivity index (χ1) is 18.4. The summed E-state index contributed by atoms with van der Waals surface area (Å²) in [5.41, 5.74) is 6.36. The van der Waals surface area contributed by atoms with Crippen LogP contribution in [0, 0.1) is 24.1 Å². The minimum atomic E-state index is -0.504. The van der Waals surface area contributed by atoms with E-state index in [-0.39, 0.29) is 11.4 Å². The molecule has 38 heavy (non-hydrogen) atoms. The van der Waals surface area contributed by atoms with E-state index in [2.05, 4.69) is 59.7 Å². The van der Waals surface area contributed by atoms with E-state index in [4.69, 9.17) is 16.9 Å². The first-order valence-electron chi connectivity index (χ1n) is 12.9. The summed E-state index contributed by atoms with van der Waals surface area (Å²) < 4.78 is 16.7. The largest absolute Gasteiger partial charge is 0.372 e. The normalized spacial score (nSPS) is 10.9. The Hall–Kier alpha value is -3.89. The van der Waals surface area contributed by atoms with Crippen LogP contribution in [0.15, 0.2) is 55.5 Å². The second-order valence-electron chi connectivity index (χ2n) is 9.26. The lowest BCUT2D eigenvalue weighted by Gasteiger charge is -2.27. The summed E-state index contributed by atoms with van der Waals surface area (Å²) in [5.74, 6) is 0.0703. The average molecular weight is 531 g/mol. The number of imidazole rings is 1. The highest BCUT2D eigenvalue weighted by atomic mass is 35.5. The zero-order valence-corrected chi connectivity index (χ0v) is 22.8. The van der Waals surface area contributed by atoms with Crippen molar-refractivity contribution in [2.45, 2.75) is 46.5 Å². The molecule has 0 saturated carbocycles. The summed E-state index contributed by atoms with van der Waals surface area (Å²) in [6.45, 7) is 12.8. The second kappa shape index (κ2) is 12.1. The fourth-order valence-corrected chi connectivity index (χ4v) is 4.95. The van der Waals surface area contributed by atoms with Gasteiger partial charge in [-0.05, 0) is 49.4 Å². The SMILES string of the molecule is C=C(c1ccc(Nc2nccn3c(-c4ccc(CCC#N)c(F)c4Cl)cnc23)cc1C)N(CCC)CCC. The molecule has 2 aromatic heterocycles. The van der Waals surface area contributed by atoms with Crippen molar-refractivity contribution in [3.63, 3.8) is 0 Å². The van der Waals surface area contributed by atoms with Gasteiger partial charge in [-0.25, -0.2) is 14.4 Å². The molecule has 4 rings (SSSR count). The Bertz CT molecular complexity index is 1500. The Morgan fingerprint density at radius 1 is 1.18 bits per heavy atom. The number of nitriles is 1. The number of aryl methyl sites for hydroxylation is 2. The molecule has 4 aromatic rings. The number of nitrogens with zero attached hydrogens (tertiary/aromatic N) is 5. The van der Waals surface area contributed by atoms with Crippen molar-refractivity contribution < 1.29 is 4.39 Å². The molecule has 0 atom stereocenters. The second-order valence-corrected chi connectivity index (χ2v) is 9.64. The Kier molecular flexibility index (Phi) is 8.65. The van der Waals surface area contributed by atoms with Gasteiger partial charge < -0.3 is 10.2 Å². The summed E-state index contributed by atoms with van der Waals surface area (Å²) in [5, 5.41) is 12.2. The molecule has 0 unspecified atom stereocenters. The van der Waals surface area contributed by atoms with Gasteiger partial charge in [-0.1, -0.05) is 50.2 Å². The minimum Gasteiger partial charge on any atom is -0.372 e. The smallest absolute Gasteiger partial charge is 0.180 e. The lowest BCUT2D eigenvalue weighted by Crippen LogP contribution is -2.23. The summed E-state index contributed by atoms with van der Waals surface area (Å²) in [6.07, 6.45) is 7.79. The number of rotatable bonds is 11. The summed E-state index contributed by atoms with van der Waals surface area (Å²) in [4.78, 5) is 11.4. The van der Waals surface area contributed by atoms with Crippen molar-refractivity contribution in [3.8, 4) is 17.3 Å². The van der Waals surface area contributed by atoms with E-state index in [0.717, 1.165) is 48.4 Å². The van der Waals surface area contributed by atoms with E-state index in [9.17, 15) is 4.39 Å². The number of hydrogen-bond acceptors (Lipinski definition) is 5. The molecule has 2 heterocycles. The van der Waals surface area contributed by atoms with Gasteiger partial charge in [-0.3, -0.25) is 4.40 Å². The first-order valence-corrected chi connectivity index (χ1v) is 13.3. The molecule has 0 aliphatic heterocycles. The predicted octanol–water partition coefficient (Wildman–Crippen LogP) is 7.79. The molecule has 0 aliphatic carbocycles. The van der Waals surface area contributed by atoms with Crippen molar-refractivity contribution in [2.24, 2.45) is 0 Å². The van der Waals surface area contributed by atoms with E-state index < -0.39 is 5.82 Å². The Balaban J connectivity index is 1.62. The van der Waals surface area contributed by atoms with Crippen LogP contribution in [0.25, 0.3) is 22.6 Å². The number of fused-ring (bicyclic) bond motifs is 1. The third-order valence-corrected chi connectivity index (χ3v) is 6.91. The van der Waals surface area contributed by atoms with Crippen molar-refractivity contribution in [1.82, 2.24) is 19.3 Å². The van der Waals surface area contributed by atoms with Crippen molar-refractivity contribution >= 4 is 34.5 Å². The van der Waals surface area contributed by atoms with E-state index in [1.165, 1.54) is 0 Å². The van der Waals surface area contributed by atoms with Gasteiger partial charge in [0.05, 0.1) is 23.0 Å². The standard InChI is InChI=1S/C30H32ClFN6/c1-5-15-37(16-6-2)21(4)24-12-10-23(18-20(24)3)36-29-30-35-19-26(38(30)17-14-34-29)25-11-9-22(8-7-13-33)28(32)27(25)31/h9-12,14,17-19H,4-8,15-16H2,1-3H3,(H,34,36). The van der Waals surface area contributed by atoms with Gasteiger partial charge in [0, 0.05) is 54.4 Å². The monoisotopic (exact) mass is 530 g/mol. The summed E-state index contributed by atoms with van der Waals surface area (Å²) in [7, 11) is 0. The molecule has 2 aromatic carbocycles. The van der Waals surface area contributed by atoms with Gasteiger partial charge in [0.25, 0.3) is 0 Å². The fourth-order valence-electron chi connectivity index (χ4n) is 4.67. The molecular weight excluding hydrogens is 499 g/mol. The van der Waals surface area contributed by atoms with Gasteiger partial charge in [0.1, 0.15) is 5.82 Å². The van der Waals surface area contributed by atoms with Crippen molar-refractivity contribution in [1.29, 1.82) is 5.26 Å². The Labute approximate surface area is 228 Å². The van der Waals surface area contributed by atoms with Gasteiger partial charge in [-0.2, -0.15) is 5.26 Å². The van der Waals surface area contributed by atoms with Gasteiger partial charge in [-0.15, -0.1) is 0 Å². The lowest BCUT2D eigenvalue weighted by atomic mass is 10.0. The predicted molar refractivity (Wildman–Crippen MR) is 153 cm³/mol. The molecule has 8 heteroatoms. The molecule has 0 saturated heterocycles. The van der Waals surface area contributed by atoms with Crippen LogP contribution in [0.1, 0.15) is 49.8 Å². The zero-order valence-electron chi connectivity index (χ0n) is 22.1. The molecule has 6 nitrogen and oxygen atoms in total. The third-order valence-electron chi connectivity index (χ3n) is 6.54. The van der Waals surface area contributed by atoms with Crippen molar-refractivity contribution in [2.75, 3.05) is 18.4 Å². The van der Waals surface area contributed by atoms with E-state index in [1.807, 2.05) is 16.5 Å². The van der Waals surface area contributed by atoms with Crippen LogP contribution in [-0.2, 0) is 6.42 Å². The highest BCUT2D eigenvalue weighted by Gasteiger charge is 2.18. The van der Waals surface area contributed by atoms with Gasteiger partial charge in [0.2, 0.25) is 0 Å². The van der Waals surface area contributed by atoms with Crippen molar-refractivity contribution in [3.05, 3.63) is 83.0 Å². The maximum atomic E-state index is 14.9. The van der Waals surface area contributed by atoms with E-state index >= 15 is 0 Å². The average Bonchev–Trinajstić information content (AvgIpc) is 3.34. The number of benzene rings is 2. The minimum absolute atomic E-state index is 0.0141. The number of aromatic nitrogens is 3. The van der Waals surface area contributed by atoms with Crippen LogP contribution in [0.2, 0.25) is 5.02 Å².